The second-order valence-corrected chi connectivity index (χ2v) is 6.91. The number of rotatable bonds is 8. The van der Waals surface area contributed by atoms with Crippen LogP contribution in [0.25, 0.3) is 0 Å². The SMILES string of the molecule is CCCN(CCC)c1nc(C)cc(C(=O)Nc2ccc(C(C)C)cc2)n1. The summed E-state index contributed by atoms with van der Waals surface area (Å²) < 4.78 is 0. The average Bonchev–Trinajstić information content (AvgIpc) is 2.61. The molecule has 0 unspecified atom stereocenters. The fourth-order valence-corrected chi connectivity index (χ4v) is 2.81. The zero-order valence-corrected chi connectivity index (χ0v) is 16.5. The highest BCUT2D eigenvalue weighted by molar-refractivity contribution is 6.03. The number of benzene rings is 1. The molecule has 5 nitrogen and oxygen atoms in total. The van der Waals surface area contributed by atoms with Crippen molar-refractivity contribution in [3.05, 3.63) is 47.3 Å². The van der Waals surface area contributed by atoms with Crippen LogP contribution in [-0.4, -0.2) is 29.0 Å². The van der Waals surface area contributed by atoms with Crippen molar-refractivity contribution in [2.75, 3.05) is 23.3 Å². The Morgan fingerprint density at radius 3 is 2.23 bits per heavy atom. The smallest absolute Gasteiger partial charge is 0.274 e. The summed E-state index contributed by atoms with van der Waals surface area (Å²) in [7, 11) is 0. The van der Waals surface area contributed by atoms with Crippen LogP contribution in [0.4, 0.5) is 11.6 Å². The Morgan fingerprint density at radius 1 is 1.08 bits per heavy atom. The summed E-state index contributed by atoms with van der Waals surface area (Å²) in [6.45, 7) is 12.2. The fourth-order valence-electron chi connectivity index (χ4n) is 2.81. The van der Waals surface area contributed by atoms with Gasteiger partial charge in [-0.2, -0.15) is 0 Å². The number of amides is 1. The van der Waals surface area contributed by atoms with E-state index in [9.17, 15) is 4.79 Å². The summed E-state index contributed by atoms with van der Waals surface area (Å²) in [6, 6.07) is 9.69. The van der Waals surface area contributed by atoms with Gasteiger partial charge in [-0.05, 0) is 49.4 Å². The van der Waals surface area contributed by atoms with Gasteiger partial charge in [0, 0.05) is 24.5 Å². The lowest BCUT2D eigenvalue weighted by Crippen LogP contribution is -2.28. The van der Waals surface area contributed by atoms with Crippen molar-refractivity contribution < 1.29 is 4.79 Å². The van der Waals surface area contributed by atoms with Gasteiger partial charge in [0.05, 0.1) is 0 Å². The standard InChI is InChI=1S/C21H30N4O/c1-6-12-25(13-7-2)21-22-16(5)14-19(24-21)20(26)23-18-10-8-17(9-11-18)15(3)4/h8-11,14-15H,6-7,12-13H2,1-5H3,(H,23,26). The molecule has 0 saturated carbocycles. The van der Waals surface area contributed by atoms with Crippen LogP contribution in [0.2, 0.25) is 0 Å². The van der Waals surface area contributed by atoms with E-state index < -0.39 is 0 Å². The maximum Gasteiger partial charge on any atom is 0.274 e. The maximum absolute atomic E-state index is 12.7. The molecule has 0 radical (unpaired) electrons. The van der Waals surface area contributed by atoms with E-state index in [1.54, 1.807) is 6.07 Å². The summed E-state index contributed by atoms with van der Waals surface area (Å²) in [5.74, 6) is 0.894. The molecule has 1 amide bonds. The molecule has 0 atom stereocenters. The molecule has 2 aromatic rings. The molecule has 1 aromatic heterocycles. The maximum atomic E-state index is 12.7. The van der Waals surface area contributed by atoms with Crippen LogP contribution in [0.5, 0.6) is 0 Å². The fraction of sp³-hybridized carbons (Fsp3) is 0.476. The number of hydrogen-bond acceptors (Lipinski definition) is 4. The van der Waals surface area contributed by atoms with Crippen LogP contribution in [0, 0.1) is 6.92 Å². The van der Waals surface area contributed by atoms with Crippen LogP contribution >= 0.6 is 0 Å². The first-order valence-corrected chi connectivity index (χ1v) is 9.46. The average molecular weight is 354 g/mol. The number of hydrogen-bond donors (Lipinski definition) is 1. The lowest BCUT2D eigenvalue weighted by atomic mass is 10.0. The zero-order valence-electron chi connectivity index (χ0n) is 16.5. The van der Waals surface area contributed by atoms with Gasteiger partial charge in [-0.25, -0.2) is 9.97 Å². The predicted octanol–water partition coefficient (Wildman–Crippen LogP) is 4.79. The number of carbonyl (C=O) groups excluding carboxylic acids is 1. The van der Waals surface area contributed by atoms with Gasteiger partial charge in [0.1, 0.15) is 5.69 Å². The Hall–Kier alpha value is -2.43. The monoisotopic (exact) mass is 354 g/mol. The largest absolute Gasteiger partial charge is 0.341 e. The molecule has 1 aromatic carbocycles. The van der Waals surface area contributed by atoms with Gasteiger partial charge in [-0.1, -0.05) is 39.8 Å². The van der Waals surface area contributed by atoms with Crippen molar-refractivity contribution in [2.24, 2.45) is 0 Å². The lowest BCUT2D eigenvalue weighted by molar-refractivity contribution is 0.102. The predicted molar refractivity (Wildman–Crippen MR) is 108 cm³/mol. The number of nitrogens with one attached hydrogen (secondary N) is 1. The molecule has 0 bridgehead atoms. The van der Waals surface area contributed by atoms with Crippen LogP contribution in [-0.2, 0) is 0 Å². The van der Waals surface area contributed by atoms with Crippen LogP contribution in [0.1, 0.15) is 68.2 Å². The molecule has 0 saturated heterocycles. The highest BCUT2D eigenvalue weighted by atomic mass is 16.1. The number of anilines is 2. The van der Waals surface area contributed by atoms with E-state index in [0.717, 1.165) is 37.3 Å². The van der Waals surface area contributed by atoms with E-state index >= 15 is 0 Å². The van der Waals surface area contributed by atoms with Gasteiger partial charge in [0.25, 0.3) is 5.91 Å². The lowest BCUT2D eigenvalue weighted by Gasteiger charge is -2.22. The topological polar surface area (TPSA) is 58.1 Å². The minimum Gasteiger partial charge on any atom is -0.341 e. The molecule has 2 rings (SSSR count). The number of carbonyl (C=O) groups is 1. The van der Waals surface area contributed by atoms with Gasteiger partial charge in [0.2, 0.25) is 5.95 Å². The first-order chi connectivity index (χ1) is 12.4. The summed E-state index contributed by atoms with van der Waals surface area (Å²) in [5.41, 5.74) is 3.22. The molecular formula is C21H30N4O. The highest BCUT2D eigenvalue weighted by Gasteiger charge is 2.15. The quantitative estimate of drug-likeness (QED) is 0.740. The van der Waals surface area contributed by atoms with E-state index in [-0.39, 0.29) is 5.91 Å². The van der Waals surface area contributed by atoms with Crippen molar-refractivity contribution in [3.8, 4) is 0 Å². The second kappa shape index (κ2) is 9.32. The van der Waals surface area contributed by atoms with Crippen LogP contribution < -0.4 is 10.2 Å². The van der Waals surface area contributed by atoms with E-state index in [4.69, 9.17) is 0 Å². The zero-order chi connectivity index (χ0) is 19.1. The van der Waals surface area contributed by atoms with Crippen molar-refractivity contribution in [1.82, 2.24) is 9.97 Å². The Balaban J connectivity index is 2.20. The summed E-state index contributed by atoms with van der Waals surface area (Å²) >= 11 is 0. The molecule has 0 aliphatic heterocycles. The normalized spacial score (nSPS) is 10.8. The van der Waals surface area contributed by atoms with Crippen LogP contribution in [0.3, 0.4) is 0 Å². The van der Waals surface area contributed by atoms with Crippen LogP contribution in [0.15, 0.2) is 30.3 Å². The molecule has 1 N–H and O–H groups in total. The number of aromatic nitrogens is 2. The van der Waals surface area contributed by atoms with Crippen molar-refractivity contribution in [3.63, 3.8) is 0 Å². The molecule has 0 fully saturated rings. The van der Waals surface area contributed by atoms with Gasteiger partial charge in [0.15, 0.2) is 0 Å². The summed E-state index contributed by atoms with van der Waals surface area (Å²) in [5, 5.41) is 2.93. The Kier molecular flexibility index (Phi) is 7.13. The first kappa shape index (κ1) is 19.9. The van der Waals surface area contributed by atoms with Gasteiger partial charge in [-0.15, -0.1) is 0 Å². The Labute approximate surface area is 156 Å². The second-order valence-electron chi connectivity index (χ2n) is 6.91. The van der Waals surface area contributed by atoms with E-state index in [0.29, 0.717) is 17.6 Å². The Morgan fingerprint density at radius 2 is 1.69 bits per heavy atom. The Bertz CT molecular complexity index is 719. The van der Waals surface area contributed by atoms with Gasteiger partial charge in [-0.3, -0.25) is 4.79 Å². The third-order valence-electron chi connectivity index (χ3n) is 4.18. The third-order valence-corrected chi connectivity index (χ3v) is 4.18. The van der Waals surface area contributed by atoms with E-state index in [1.807, 2.05) is 31.2 Å². The molecule has 0 spiro atoms. The first-order valence-electron chi connectivity index (χ1n) is 9.46. The van der Waals surface area contributed by atoms with Crippen molar-refractivity contribution in [2.45, 2.75) is 53.4 Å². The minimum atomic E-state index is -0.206. The van der Waals surface area contributed by atoms with E-state index in [2.05, 4.69) is 47.9 Å². The van der Waals surface area contributed by atoms with E-state index in [1.165, 1.54) is 5.56 Å². The molecule has 5 heteroatoms. The number of nitrogens with zero attached hydrogens (tertiary/aromatic N) is 3. The summed E-state index contributed by atoms with van der Waals surface area (Å²) in [6.07, 6.45) is 2.03. The molecule has 26 heavy (non-hydrogen) atoms. The summed E-state index contributed by atoms with van der Waals surface area (Å²) in [4.78, 5) is 23.8. The molecule has 0 aliphatic rings. The number of aryl methyl sites for hydroxylation is 1. The molecule has 0 aliphatic carbocycles. The minimum absolute atomic E-state index is 0.206. The molecule has 1 heterocycles. The van der Waals surface area contributed by atoms with Crippen molar-refractivity contribution in [1.29, 1.82) is 0 Å². The van der Waals surface area contributed by atoms with Gasteiger partial charge >= 0.3 is 0 Å². The molecular weight excluding hydrogens is 324 g/mol. The van der Waals surface area contributed by atoms with Crippen molar-refractivity contribution >= 4 is 17.5 Å². The molecule has 140 valence electrons. The third kappa shape index (κ3) is 5.28. The highest BCUT2D eigenvalue weighted by Crippen LogP contribution is 2.18. The van der Waals surface area contributed by atoms with Gasteiger partial charge < -0.3 is 10.2 Å².